The lowest BCUT2D eigenvalue weighted by atomic mass is 9.99. The molecule has 6 aromatic rings. The fourth-order valence-corrected chi connectivity index (χ4v) is 7.28. The number of rotatable bonds is 9. The van der Waals surface area contributed by atoms with Gasteiger partial charge in [-0.05, 0) is 132 Å². The van der Waals surface area contributed by atoms with E-state index >= 15 is 0 Å². The molecule has 0 amide bonds. The maximum Gasteiger partial charge on any atom is 0.416 e. The highest BCUT2D eigenvalue weighted by Gasteiger charge is 2.31. The number of nitrogens with two attached hydrogens (primary N) is 5. The normalized spacial score (nSPS) is 12.2. The number of nitrogens with one attached hydrogen (secondary N) is 3. The summed E-state index contributed by atoms with van der Waals surface area (Å²) in [6.07, 6.45) is -13.2. The lowest BCUT2D eigenvalue weighted by molar-refractivity contribution is -0.138. The molecule has 0 spiro atoms. The summed E-state index contributed by atoms with van der Waals surface area (Å²) in [6.45, 7) is 3.39. The fraction of sp³-hybridized carbons (Fsp3) is 0.122. The van der Waals surface area contributed by atoms with Gasteiger partial charge in [0, 0.05) is 5.56 Å². The zero-order chi connectivity index (χ0) is 54.1. The molecule has 30 heteroatoms. The van der Waals surface area contributed by atoms with E-state index in [0.29, 0.717) is 39.1 Å². The lowest BCUT2D eigenvalue weighted by Gasteiger charge is -2.11. The first-order valence-corrected chi connectivity index (χ1v) is 25.2. The van der Waals surface area contributed by atoms with E-state index in [0.717, 1.165) is 54.6 Å². The van der Waals surface area contributed by atoms with Crippen LogP contribution in [0, 0.1) is 19.7 Å². The van der Waals surface area contributed by atoms with Crippen LogP contribution < -0.4 is 39.9 Å². The van der Waals surface area contributed by atoms with Gasteiger partial charge in [0.1, 0.15) is 5.82 Å². The molecule has 0 saturated heterocycles. The summed E-state index contributed by atoms with van der Waals surface area (Å²) in [6, 6.07) is 26.2. The van der Waals surface area contributed by atoms with Gasteiger partial charge in [-0.3, -0.25) is 14.2 Å². The van der Waals surface area contributed by atoms with Gasteiger partial charge in [0.2, 0.25) is 0 Å². The van der Waals surface area contributed by atoms with Crippen LogP contribution in [0.25, 0.3) is 33.4 Å². The summed E-state index contributed by atoms with van der Waals surface area (Å²) in [5, 5.41) is 22.7. The van der Waals surface area contributed by atoms with Gasteiger partial charge in [0.15, 0.2) is 0 Å². The predicted molar refractivity (Wildman–Crippen MR) is 248 cm³/mol. The molecule has 0 saturated carbocycles. The van der Waals surface area contributed by atoms with E-state index in [2.05, 4.69) is 19.7 Å². The Bertz CT molecular complexity index is 3130. The van der Waals surface area contributed by atoms with Crippen LogP contribution in [0.3, 0.4) is 0 Å². The molecule has 71 heavy (non-hydrogen) atoms. The smallest absolute Gasteiger partial charge is 0.271 e. The molecule has 0 aliphatic rings. The Kier molecular flexibility index (Phi) is 18.9. The molecular formula is C41H40F10N8O8S4. The predicted octanol–water partition coefficient (Wildman–Crippen LogP) is 7.87. The van der Waals surface area contributed by atoms with Crippen LogP contribution >= 0.6 is 0 Å². The molecule has 0 heterocycles. The minimum atomic E-state index is -4.47. The second-order valence-electron chi connectivity index (χ2n) is 14.5. The summed E-state index contributed by atoms with van der Waals surface area (Å²) in [4.78, 5) is 0. The molecular weight excluding hydrogens is 1050 g/mol. The number of aryl methyl sites for hydroxylation is 2. The lowest BCUT2D eigenvalue weighted by Crippen LogP contribution is -2.22. The topological polar surface area (TPSA) is 303 Å². The van der Waals surface area contributed by atoms with Gasteiger partial charge >= 0.3 is 18.5 Å². The Morgan fingerprint density at radius 2 is 0.704 bits per heavy atom. The number of hydrogen-bond acceptors (Lipinski definition) is 8. The number of hydrogen-bond donors (Lipinski definition) is 8. The van der Waals surface area contributed by atoms with Gasteiger partial charge in [-0.2, -0.15) is 73.2 Å². The molecule has 386 valence electrons. The second-order valence-corrected chi connectivity index (χ2v) is 19.6. The highest BCUT2D eigenvalue weighted by Crippen LogP contribution is 2.35. The van der Waals surface area contributed by atoms with Crippen LogP contribution in [0.2, 0.25) is 0 Å². The molecule has 0 aromatic heterocycles. The van der Waals surface area contributed by atoms with Crippen LogP contribution in [-0.2, 0) is 59.4 Å². The summed E-state index contributed by atoms with van der Waals surface area (Å²) in [5.41, 5.74) is 2.38. The van der Waals surface area contributed by atoms with Crippen molar-refractivity contribution in [3.8, 4) is 33.4 Å². The standard InChI is InChI=1S/2C14H13F3N2O2S.C13H10F4N2O2S.H4N2O2S/c1-9-8-11(4-7-13(9)19-22(18,20)21)10-2-5-12(6-3-10)14(15,16)17;1-9-8-12(19-22(18,20)21)6-7-13(9)10-2-4-11(5-3-10)14(15,16)17;14-12-7-10(19-22(18,20)21)5-6-11(12)8-1-3-9(4-2-8)13(15,16)17;1-5(2,3)4/h2*2-8,19H,1H3,(H2,18,20,21);1-7,19H,(H2,18,20,21);(H4,1,2,3,4). The summed E-state index contributed by atoms with van der Waals surface area (Å²) >= 11 is 0. The van der Waals surface area contributed by atoms with Crippen molar-refractivity contribution in [2.24, 2.45) is 25.7 Å². The zero-order valence-electron chi connectivity index (χ0n) is 36.2. The third-order valence-corrected chi connectivity index (χ3v) is 10.3. The van der Waals surface area contributed by atoms with Crippen LogP contribution in [-0.4, -0.2) is 33.7 Å². The maximum absolute atomic E-state index is 13.9. The molecule has 16 nitrogen and oxygen atoms in total. The van der Waals surface area contributed by atoms with Gasteiger partial charge in [0.25, 0.3) is 40.8 Å². The van der Waals surface area contributed by atoms with Crippen LogP contribution in [0.15, 0.2) is 127 Å². The quantitative estimate of drug-likeness (QED) is 0.0657. The average Bonchev–Trinajstić information content (AvgIpc) is 3.19. The van der Waals surface area contributed by atoms with Crippen molar-refractivity contribution in [2.45, 2.75) is 32.4 Å². The maximum atomic E-state index is 13.9. The third-order valence-electron chi connectivity index (χ3n) is 8.79. The summed E-state index contributed by atoms with van der Waals surface area (Å²) in [5.74, 6) is -0.798. The van der Waals surface area contributed by atoms with E-state index in [1.807, 2.05) is 4.72 Å². The van der Waals surface area contributed by atoms with Crippen molar-refractivity contribution in [3.63, 3.8) is 0 Å². The average molecular weight is 1090 g/mol. The second kappa shape index (κ2) is 22.8. The van der Waals surface area contributed by atoms with Crippen molar-refractivity contribution in [1.82, 2.24) is 0 Å². The Morgan fingerprint density at radius 3 is 1.03 bits per heavy atom. The molecule has 0 atom stereocenters. The monoisotopic (exact) mass is 1090 g/mol. The fourth-order valence-electron chi connectivity index (χ4n) is 5.83. The van der Waals surface area contributed by atoms with E-state index in [1.165, 1.54) is 48.5 Å². The minimum Gasteiger partial charge on any atom is -0.271 e. The first-order chi connectivity index (χ1) is 32.2. The number of alkyl halides is 9. The molecule has 6 rings (SSSR count). The van der Waals surface area contributed by atoms with Gasteiger partial charge in [0.05, 0.1) is 33.8 Å². The Balaban J connectivity index is 0.000000268. The van der Waals surface area contributed by atoms with Crippen molar-refractivity contribution < 1.29 is 77.6 Å². The molecule has 13 N–H and O–H groups in total. The first kappa shape index (κ1) is 58.9. The summed E-state index contributed by atoms with van der Waals surface area (Å²) < 4.78 is 217. The molecule has 0 radical (unpaired) electrons. The molecule has 0 aliphatic heterocycles. The van der Waals surface area contributed by atoms with Gasteiger partial charge in [-0.25, -0.2) is 30.1 Å². The van der Waals surface area contributed by atoms with Gasteiger partial charge in [-0.15, -0.1) is 0 Å². The number of halogens is 10. The highest BCUT2D eigenvalue weighted by molar-refractivity contribution is 7.91. The number of anilines is 3. The molecule has 0 fully saturated rings. The van der Waals surface area contributed by atoms with Gasteiger partial charge < -0.3 is 0 Å². The first-order valence-electron chi connectivity index (χ1n) is 18.9. The molecule has 0 bridgehead atoms. The van der Waals surface area contributed by atoms with Crippen LogP contribution in [0.5, 0.6) is 0 Å². The van der Waals surface area contributed by atoms with Crippen LogP contribution in [0.1, 0.15) is 27.8 Å². The summed E-state index contributed by atoms with van der Waals surface area (Å²) in [7, 11) is -15.4. The largest absolute Gasteiger partial charge is 0.416 e. The molecule has 6 aromatic carbocycles. The van der Waals surface area contributed by atoms with Crippen LogP contribution in [0.4, 0.5) is 61.0 Å². The van der Waals surface area contributed by atoms with Crippen molar-refractivity contribution in [1.29, 1.82) is 0 Å². The van der Waals surface area contributed by atoms with Crippen molar-refractivity contribution in [3.05, 3.63) is 161 Å². The zero-order valence-corrected chi connectivity index (χ0v) is 39.5. The Hall–Kier alpha value is -6.38. The number of benzene rings is 6. The van der Waals surface area contributed by atoms with E-state index in [1.54, 1.807) is 38.1 Å². The minimum absolute atomic E-state index is 0.0358. The van der Waals surface area contributed by atoms with E-state index in [-0.39, 0.29) is 22.5 Å². The van der Waals surface area contributed by atoms with Crippen molar-refractivity contribution in [2.75, 3.05) is 14.2 Å². The van der Waals surface area contributed by atoms with E-state index < -0.39 is 81.9 Å². The van der Waals surface area contributed by atoms with Crippen molar-refractivity contribution >= 4 is 57.9 Å². The third kappa shape index (κ3) is 20.9. The highest BCUT2D eigenvalue weighted by atomic mass is 32.2. The van der Waals surface area contributed by atoms with Gasteiger partial charge in [-0.1, -0.05) is 48.5 Å². The van der Waals surface area contributed by atoms with E-state index in [9.17, 15) is 77.6 Å². The van der Waals surface area contributed by atoms with E-state index in [4.69, 9.17) is 15.4 Å². The Morgan fingerprint density at radius 1 is 0.380 bits per heavy atom. The molecule has 0 aliphatic carbocycles. The molecule has 0 unspecified atom stereocenters. The Labute approximate surface area is 400 Å². The SMILES string of the molecule is Cc1cc(-c2ccc(C(F)(F)F)cc2)ccc1NS(N)(=O)=O.Cc1cc(NS(N)(=O)=O)ccc1-c1ccc(C(F)(F)F)cc1.NS(=O)(=O)Nc1ccc(-c2ccc(C(F)(F)F)cc2)c(F)c1.NS(N)(=O)=O.